The van der Waals surface area contributed by atoms with Gasteiger partial charge in [-0.15, -0.1) is 13.2 Å². The molecule has 0 radical (unpaired) electrons. The minimum Gasteiger partial charge on any atom is -0.403 e. The summed E-state index contributed by atoms with van der Waals surface area (Å²) in [6.45, 7) is 2.16. The van der Waals surface area contributed by atoms with Gasteiger partial charge in [0.05, 0.1) is 0 Å². The number of halogens is 4. The Kier molecular flexibility index (Phi) is 5.90. The maximum Gasteiger partial charge on any atom is 0.573 e. The van der Waals surface area contributed by atoms with Crippen molar-refractivity contribution in [3.63, 3.8) is 0 Å². The van der Waals surface area contributed by atoms with E-state index < -0.39 is 17.9 Å². The van der Waals surface area contributed by atoms with Crippen molar-refractivity contribution >= 4 is 0 Å². The van der Waals surface area contributed by atoms with E-state index in [4.69, 9.17) is 0 Å². The summed E-state index contributed by atoms with van der Waals surface area (Å²) in [6, 6.07) is 8.28. The van der Waals surface area contributed by atoms with Crippen molar-refractivity contribution in [3.05, 3.63) is 76.1 Å². The molecule has 0 N–H and O–H groups in total. The smallest absolute Gasteiger partial charge is 0.403 e. The standard InChI is InChI=1S/C25H26F4O/c1-2-3-4-16-5-10-21-19(13-16)6-7-20-14-17(8-11-22(20)21)18-9-12-24(23(26)15-18)30-25(27,28)29/h3-4,6-7,9,12,15-17H,2,5,8,10-11,13-14H2,1H3. The Labute approximate surface area is 174 Å². The summed E-state index contributed by atoms with van der Waals surface area (Å²) >= 11 is 0. The van der Waals surface area contributed by atoms with E-state index in [0.29, 0.717) is 5.92 Å². The number of benzene rings is 2. The van der Waals surface area contributed by atoms with Gasteiger partial charge in [0, 0.05) is 0 Å². The fraction of sp³-hybridized carbons (Fsp3) is 0.440. The van der Waals surface area contributed by atoms with Crippen molar-refractivity contribution in [1.29, 1.82) is 0 Å². The Morgan fingerprint density at radius 1 is 1.00 bits per heavy atom. The Hall–Kier alpha value is -2.30. The Balaban J connectivity index is 1.51. The van der Waals surface area contributed by atoms with E-state index in [1.54, 1.807) is 6.07 Å². The first-order chi connectivity index (χ1) is 14.3. The first-order valence-corrected chi connectivity index (χ1v) is 10.7. The summed E-state index contributed by atoms with van der Waals surface area (Å²) in [4.78, 5) is 0. The van der Waals surface area contributed by atoms with Crippen LogP contribution in [0, 0.1) is 11.7 Å². The van der Waals surface area contributed by atoms with E-state index in [1.165, 1.54) is 34.7 Å². The SMILES string of the molecule is CCC=CC1CCc2c(ccc3c2CCC(c2ccc(OC(F)(F)F)c(F)c2)C3)C1. The van der Waals surface area contributed by atoms with Crippen LogP contribution in [0.3, 0.4) is 0 Å². The van der Waals surface area contributed by atoms with Crippen LogP contribution in [0.5, 0.6) is 5.75 Å². The van der Waals surface area contributed by atoms with Crippen LogP contribution in [0.15, 0.2) is 42.5 Å². The number of allylic oxidation sites excluding steroid dienone is 2. The third kappa shape index (κ3) is 4.55. The van der Waals surface area contributed by atoms with Crippen molar-refractivity contribution in [2.45, 2.75) is 64.1 Å². The summed E-state index contributed by atoms with van der Waals surface area (Å²) in [5.41, 5.74) is 6.41. The minimum absolute atomic E-state index is 0.105. The molecule has 2 aliphatic carbocycles. The average molecular weight is 418 g/mol. The second-order valence-electron chi connectivity index (χ2n) is 8.36. The van der Waals surface area contributed by atoms with Gasteiger partial charge in [0.15, 0.2) is 11.6 Å². The topological polar surface area (TPSA) is 9.23 Å². The van der Waals surface area contributed by atoms with Gasteiger partial charge in [0.1, 0.15) is 0 Å². The molecule has 0 fully saturated rings. The molecule has 1 nitrogen and oxygen atoms in total. The van der Waals surface area contributed by atoms with Crippen LogP contribution < -0.4 is 4.74 Å². The van der Waals surface area contributed by atoms with Gasteiger partial charge in [-0.25, -0.2) is 4.39 Å². The van der Waals surface area contributed by atoms with Crippen molar-refractivity contribution < 1.29 is 22.3 Å². The number of ether oxygens (including phenoxy) is 1. The molecule has 2 unspecified atom stereocenters. The Morgan fingerprint density at radius 3 is 2.37 bits per heavy atom. The maximum atomic E-state index is 14.2. The molecule has 0 heterocycles. The number of fused-ring (bicyclic) bond motifs is 3. The number of hydrogen-bond donors (Lipinski definition) is 0. The van der Waals surface area contributed by atoms with Crippen molar-refractivity contribution in [2.24, 2.45) is 5.92 Å². The van der Waals surface area contributed by atoms with Gasteiger partial charge in [-0.05, 0) is 96.7 Å². The molecule has 0 aliphatic heterocycles. The average Bonchev–Trinajstić information content (AvgIpc) is 2.72. The van der Waals surface area contributed by atoms with E-state index in [9.17, 15) is 17.6 Å². The number of hydrogen-bond acceptors (Lipinski definition) is 1. The second-order valence-corrected chi connectivity index (χ2v) is 8.36. The molecule has 0 aromatic heterocycles. The largest absolute Gasteiger partial charge is 0.573 e. The molecule has 5 heteroatoms. The Morgan fingerprint density at radius 2 is 1.70 bits per heavy atom. The van der Waals surface area contributed by atoms with Crippen molar-refractivity contribution in [3.8, 4) is 5.75 Å². The van der Waals surface area contributed by atoms with Crippen LogP contribution in [0.25, 0.3) is 0 Å². The van der Waals surface area contributed by atoms with Crippen LogP contribution in [0.1, 0.15) is 59.9 Å². The number of alkyl halides is 3. The van der Waals surface area contributed by atoms with Gasteiger partial charge in [-0.3, -0.25) is 0 Å². The van der Waals surface area contributed by atoms with Gasteiger partial charge in [0.25, 0.3) is 0 Å². The molecular weight excluding hydrogens is 392 g/mol. The summed E-state index contributed by atoms with van der Waals surface area (Å²) in [6.07, 6.45) is 6.74. The molecule has 0 spiro atoms. The zero-order valence-electron chi connectivity index (χ0n) is 17.1. The quantitative estimate of drug-likeness (QED) is 0.381. The Bertz CT molecular complexity index is 945. The zero-order chi connectivity index (χ0) is 21.3. The van der Waals surface area contributed by atoms with Gasteiger partial charge >= 0.3 is 6.36 Å². The van der Waals surface area contributed by atoms with Crippen molar-refractivity contribution in [1.82, 2.24) is 0 Å². The van der Waals surface area contributed by atoms with E-state index in [-0.39, 0.29) is 5.92 Å². The molecule has 2 aromatic carbocycles. The van der Waals surface area contributed by atoms with E-state index in [1.807, 2.05) is 0 Å². The fourth-order valence-corrected chi connectivity index (χ4v) is 4.95. The van der Waals surface area contributed by atoms with Gasteiger partial charge in [-0.2, -0.15) is 0 Å². The summed E-state index contributed by atoms with van der Waals surface area (Å²) in [5, 5.41) is 0. The third-order valence-electron chi connectivity index (χ3n) is 6.38. The lowest BCUT2D eigenvalue weighted by Crippen LogP contribution is -2.20. The lowest BCUT2D eigenvalue weighted by Gasteiger charge is -2.31. The van der Waals surface area contributed by atoms with Crippen LogP contribution in [-0.4, -0.2) is 6.36 Å². The summed E-state index contributed by atoms with van der Waals surface area (Å²) in [7, 11) is 0. The molecule has 160 valence electrons. The molecule has 2 aromatic rings. The van der Waals surface area contributed by atoms with Crippen LogP contribution in [-0.2, 0) is 25.7 Å². The number of rotatable bonds is 4. The molecule has 0 bridgehead atoms. The van der Waals surface area contributed by atoms with Crippen molar-refractivity contribution in [2.75, 3.05) is 0 Å². The lowest BCUT2D eigenvalue weighted by atomic mass is 9.74. The van der Waals surface area contributed by atoms with Crippen LogP contribution in [0.2, 0.25) is 0 Å². The first-order valence-electron chi connectivity index (χ1n) is 10.7. The van der Waals surface area contributed by atoms with E-state index in [0.717, 1.165) is 50.2 Å². The molecule has 0 amide bonds. The highest BCUT2D eigenvalue weighted by Crippen LogP contribution is 2.39. The molecule has 0 saturated heterocycles. The molecular formula is C25H26F4O. The predicted molar refractivity (Wildman–Crippen MR) is 109 cm³/mol. The summed E-state index contributed by atoms with van der Waals surface area (Å²) in [5.74, 6) is -1.02. The van der Waals surface area contributed by atoms with E-state index in [2.05, 4.69) is 35.9 Å². The lowest BCUT2D eigenvalue weighted by molar-refractivity contribution is -0.275. The molecule has 30 heavy (non-hydrogen) atoms. The van der Waals surface area contributed by atoms with Crippen LogP contribution in [0.4, 0.5) is 17.6 Å². The molecule has 2 aliphatic rings. The molecule has 2 atom stereocenters. The molecule has 4 rings (SSSR count). The minimum atomic E-state index is -4.89. The third-order valence-corrected chi connectivity index (χ3v) is 6.38. The van der Waals surface area contributed by atoms with E-state index >= 15 is 0 Å². The van der Waals surface area contributed by atoms with Gasteiger partial charge in [-0.1, -0.05) is 37.3 Å². The normalized spacial score (nSPS) is 21.4. The second kappa shape index (κ2) is 8.44. The van der Waals surface area contributed by atoms with Gasteiger partial charge < -0.3 is 4.74 Å². The monoisotopic (exact) mass is 418 g/mol. The predicted octanol–water partition coefficient (Wildman–Crippen LogP) is 7.07. The van der Waals surface area contributed by atoms with Crippen LogP contribution >= 0.6 is 0 Å². The highest BCUT2D eigenvalue weighted by Gasteiger charge is 2.33. The summed E-state index contributed by atoms with van der Waals surface area (Å²) < 4.78 is 55.0. The highest BCUT2D eigenvalue weighted by molar-refractivity contribution is 5.46. The fourth-order valence-electron chi connectivity index (χ4n) is 4.95. The highest BCUT2D eigenvalue weighted by atomic mass is 19.4. The van der Waals surface area contributed by atoms with Gasteiger partial charge in [0.2, 0.25) is 0 Å². The maximum absolute atomic E-state index is 14.2. The first kappa shape index (κ1) is 21.0. The molecule has 0 saturated carbocycles. The zero-order valence-corrected chi connectivity index (χ0v) is 17.1.